The fourth-order valence-electron chi connectivity index (χ4n) is 2.89. The first-order chi connectivity index (χ1) is 13.2. The summed E-state index contributed by atoms with van der Waals surface area (Å²) in [5, 5.41) is 6.65. The van der Waals surface area contributed by atoms with E-state index in [0.29, 0.717) is 11.4 Å². The fraction of sp³-hybridized carbons (Fsp3) is 0.0476. The Morgan fingerprint density at radius 3 is 2.37 bits per heavy atom. The zero-order valence-corrected chi connectivity index (χ0v) is 14.4. The van der Waals surface area contributed by atoms with E-state index in [9.17, 15) is 9.59 Å². The third kappa shape index (κ3) is 3.74. The monoisotopic (exact) mass is 359 g/mol. The van der Waals surface area contributed by atoms with E-state index >= 15 is 0 Å². The number of rotatable bonds is 5. The number of hydrogen-bond donors (Lipinski definition) is 3. The predicted molar refractivity (Wildman–Crippen MR) is 104 cm³/mol. The van der Waals surface area contributed by atoms with E-state index in [-0.39, 0.29) is 24.0 Å². The van der Waals surface area contributed by atoms with Crippen molar-refractivity contribution in [1.82, 2.24) is 4.98 Å². The molecular formula is C21H17N3O3. The van der Waals surface area contributed by atoms with Crippen LogP contribution in [0.15, 0.2) is 77.5 Å². The van der Waals surface area contributed by atoms with E-state index in [1.54, 1.807) is 36.4 Å². The molecule has 0 unspecified atom stereocenters. The third-order valence-electron chi connectivity index (χ3n) is 4.20. The van der Waals surface area contributed by atoms with Crippen molar-refractivity contribution in [2.45, 2.75) is 6.42 Å². The Hall–Kier alpha value is -3.80. The molecule has 3 N–H and O–H groups in total. The lowest BCUT2D eigenvalue weighted by Crippen LogP contribution is -2.14. The molecule has 27 heavy (non-hydrogen) atoms. The van der Waals surface area contributed by atoms with Gasteiger partial charge in [-0.2, -0.15) is 0 Å². The van der Waals surface area contributed by atoms with Gasteiger partial charge < -0.3 is 20.0 Å². The van der Waals surface area contributed by atoms with Gasteiger partial charge in [0.1, 0.15) is 0 Å². The SMILES string of the molecule is O=C(Cc1c[nH]c2ccccc12)Nc1ccc(NC(=O)c2ccco2)cc1. The predicted octanol–water partition coefficient (Wildman–Crippen LogP) is 4.19. The summed E-state index contributed by atoms with van der Waals surface area (Å²) in [6, 6.07) is 18.1. The summed E-state index contributed by atoms with van der Waals surface area (Å²) in [6.45, 7) is 0. The average molecular weight is 359 g/mol. The molecule has 0 spiro atoms. The van der Waals surface area contributed by atoms with Crippen LogP contribution in [0.4, 0.5) is 11.4 Å². The number of anilines is 2. The number of fused-ring (bicyclic) bond motifs is 1. The minimum absolute atomic E-state index is 0.105. The van der Waals surface area contributed by atoms with Crippen molar-refractivity contribution in [2.24, 2.45) is 0 Å². The Kier molecular flexibility index (Phi) is 4.45. The van der Waals surface area contributed by atoms with Crippen LogP contribution in [0.25, 0.3) is 10.9 Å². The van der Waals surface area contributed by atoms with Crippen molar-refractivity contribution in [3.63, 3.8) is 0 Å². The molecule has 0 atom stereocenters. The molecular weight excluding hydrogens is 342 g/mol. The molecule has 4 rings (SSSR count). The number of nitrogens with one attached hydrogen (secondary N) is 3. The van der Waals surface area contributed by atoms with Crippen LogP contribution in [0.3, 0.4) is 0 Å². The summed E-state index contributed by atoms with van der Waals surface area (Å²) in [7, 11) is 0. The molecule has 0 radical (unpaired) electrons. The van der Waals surface area contributed by atoms with Crippen LogP contribution in [-0.2, 0) is 11.2 Å². The summed E-state index contributed by atoms with van der Waals surface area (Å²) >= 11 is 0. The number of hydrogen-bond acceptors (Lipinski definition) is 3. The van der Waals surface area contributed by atoms with Crippen LogP contribution in [0.5, 0.6) is 0 Å². The zero-order valence-electron chi connectivity index (χ0n) is 14.4. The first kappa shape index (κ1) is 16.7. The Morgan fingerprint density at radius 1 is 0.889 bits per heavy atom. The van der Waals surface area contributed by atoms with Gasteiger partial charge in [-0.1, -0.05) is 18.2 Å². The molecule has 0 bridgehead atoms. The highest BCUT2D eigenvalue weighted by Gasteiger charge is 2.10. The molecule has 2 amide bonds. The smallest absolute Gasteiger partial charge is 0.291 e. The Morgan fingerprint density at radius 2 is 1.63 bits per heavy atom. The first-order valence-corrected chi connectivity index (χ1v) is 8.49. The van der Waals surface area contributed by atoms with Crippen LogP contribution in [-0.4, -0.2) is 16.8 Å². The van der Waals surface area contributed by atoms with Crippen LogP contribution < -0.4 is 10.6 Å². The third-order valence-corrected chi connectivity index (χ3v) is 4.20. The van der Waals surface area contributed by atoms with Gasteiger partial charge in [-0.15, -0.1) is 0 Å². The zero-order chi connectivity index (χ0) is 18.6. The molecule has 2 heterocycles. The van der Waals surface area contributed by atoms with Gasteiger partial charge in [0.05, 0.1) is 12.7 Å². The minimum atomic E-state index is -0.323. The molecule has 0 aliphatic rings. The summed E-state index contributed by atoms with van der Waals surface area (Å²) in [4.78, 5) is 27.4. The molecule has 0 aliphatic heterocycles. The van der Waals surface area contributed by atoms with Crippen LogP contribution >= 0.6 is 0 Å². The van der Waals surface area contributed by atoms with E-state index in [1.165, 1.54) is 6.26 Å². The van der Waals surface area contributed by atoms with E-state index in [4.69, 9.17) is 4.42 Å². The Labute approximate surface area is 155 Å². The number of carbonyl (C=O) groups is 2. The highest BCUT2D eigenvalue weighted by Crippen LogP contribution is 2.19. The lowest BCUT2D eigenvalue weighted by Gasteiger charge is -2.07. The van der Waals surface area contributed by atoms with E-state index in [2.05, 4.69) is 15.6 Å². The van der Waals surface area contributed by atoms with Gasteiger partial charge >= 0.3 is 0 Å². The lowest BCUT2D eigenvalue weighted by molar-refractivity contribution is -0.115. The summed E-state index contributed by atoms with van der Waals surface area (Å²) in [6.07, 6.45) is 3.58. The van der Waals surface area contributed by atoms with Gasteiger partial charge in [-0.05, 0) is 48.0 Å². The first-order valence-electron chi connectivity index (χ1n) is 8.49. The number of furan rings is 1. The van der Waals surface area contributed by atoms with Crippen molar-refractivity contribution >= 4 is 34.1 Å². The highest BCUT2D eigenvalue weighted by molar-refractivity contribution is 6.02. The van der Waals surface area contributed by atoms with Gasteiger partial charge in [0.15, 0.2) is 5.76 Å². The minimum Gasteiger partial charge on any atom is -0.459 e. The quantitative estimate of drug-likeness (QED) is 0.499. The number of aromatic nitrogens is 1. The molecule has 6 nitrogen and oxygen atoms in total. The van der Waals surface area contributed by atoms with Gasteiger partial charge in [-0.3, -0.25) is 9.59 Å². The van der Waals surface area contributed by atoms with Gasteiger partial charge in [0.25, 0.3) is 5.91 Å². The maximum atomic E-state index is 12.3. The second kappa shape index (κ2) is 7.21. The van der Waals surface area contributed by atoms with E-state index < -0.39 is 0 Å². The number of para-hydroxylation sites is 1. The number of aromatic amines is 1. The van der Waals surface area contributed by atoms with E-state index in [0.717, 1.165) is 16.5 Å². The van der Waals surface area contributed by atoms with Gasteiger partial charge in [0, 0.05) is 28.5 Å². The Balaban J connectivity index is 1.38. The van der Waals surface area contributed by atoms with Crippen LogP contribution in [0, 0.1) is 0 Å². The topological polar surface area (TPSA) is 87.1 Å². The normalized spacial score (nSPS) is 10.7. The van der Waals surface area contributed by atoms with Gasteiger partial charge in [-0.25, -0.2) is 0 Å². The summed E-state index contributed by atoms with van der Waals surface area (Å²) < 4.78 is 5.05. The lowest BCUT2D eigenvalue weighted by atomic mass is 10.1. The second-order valence-electron chi connectivity index (χ2n) is 6.09. The number of carbonyl (C=O) groups excluding carboxylic acids is 2. The maximum absolute atomic E-state index is 12.3. The van der Waals surface area contributed by atoms with Crippen molar-refractivity contribution in [2.75, 3.05) is 10.6 Å². The number of benzene rings is 2. The molecule has 2 aromatic carbocycles. The second-order valence-corrected chi connectivity index (χ2v) is 6.09. The average Bonchev–Trinajstić information content (AvgIpc) is 3.34. The van der Waals surface area contributed by atoms with Crippen molar-refractivity contribution in [1.29, 1.82) is 0 Å². The van der Waals surface area contributed by atoms with Crippen molar-refractivity contribution in [3.8, 4) is 0 Å². The largest absolute Gasteiger partial charge is 0.459 e. The van der Waals surface area contributed by atoms with Crippen LogP contribution in [0.1, 0.15) is 16.1 Å². The Bertz CT molecular complexity index is 1080. The summed E-state index contributed by atoms with van der Waals surface area (Å²) in [5.74, 6) is -0.186. The molecule has 0 aliphatic carbocycles. The highest BCUT2D eigenvalue weighted by atomic mass is 16.3. The van der Waals surface area contributed by atoms with Crippen molar-refractivity contribution in [3.05, 3.63) is 84.4 Å². The summed E-state index contributed by atoms with van der Waals surface area (Å²) in [5.41, 5.74) is 3.24. The number of H-pyrrole nitrogens is 1. The van der Waals surface area contributed by atoms with Crippen molar-refractivity contribution < 1.29 is 14.0 Å². The fourth-order valence-corrected chi connectivity index (χ4v) is 2.89. The standard InChI is InChI=1S/C21H17N3O3/c25-20(12-14-13-22-18-5-2-1-4-17(14)18)23-15-7-9-16(10-8-15)24-21(26)19-6-3-11-27-19/h1-11,13,22H,12H2,(H,23,25)(H,24,26). The molecule has 134 valence electrons. The van der Waals surface area contributed by atoms with Crippen LogP contribution in [0.2, 0.25) is 0 Å². The molecule has 0 saturated carbocycles. The molecule has 0 fully saturated rings. The molecule has 0 saturated heterocycles. The van der Waals surface area contributed by atoms with Gasteiger partial charge in [0.2, 0.25) is 5.91 Å². The number of amides is 2. The molecule has 4 aromatic rings. The molecule has 6 heteroatoms. The van der Waals surface area contributed by atoms with E-state index in [1.807, 2.05) is 30.5 Å². The molecule has 2 aromatic heterocycles. The maximum Gasteiger partial charge on any atom is 0.291 e.